The molecule has 23 heavy (non-hydrogen) atoms. The van der Waals surface area contributed by atoms with E-state index in [1.165, 1.54) is 61.8 Å². The predicted molar refractivity (Wildman–Crippen MR) is 95.9 cm³/mol. The van der Waals surface area contributed by atoms with Gasteiger partial charge in [-0.3, -0.25) is 9.88 Å². The average molecular weight is 310 g/mol. The molecule has 3 heterocycles. The maximum atomic E-state index is 4.18. The Hall–Kier alpha value is -1.65. The highest BCUT2D eigenvalue weighted by Gasteiger charge is 2.23. The summed E-state index contributed by atoms with van der Waals surface area (Å²) in [6.07, 6.45) is 9.03. The molecule has 2 aliphatic heterocycles. The van der Waals surface area contributed by atoms with Gasteiger partial charge in [-0.2, -0.15) is 0 Å². The van der Waals surface area contributed by atoms with Crippen molar-refractivity contribution in [2.24, 2.45) is 0 Å². The molecule has 1 aromatic carbocycles. The summed E-state index contributed by atoms with van der Waals surface area (Å²) in [7, 11) is 0. The van der Waals surface area contributed by atoms with Gasteiger partial charge in [0.05, 0.1) is 0 Å². The molecular weight excluding hydrogens is 284 g/mol. The number of pyridine rings is 1. The van der Waals surface area contributed by atoms with Crippen LogP contribution in [0.15, 0.2) is 36.7 Å². The van der Waals surface area contributed by atoms with Gasteiger partial charge in [0.15, 0.2) is 0 Å². The highest BCUT2D eigenvalue weighted by atomic mass is 15.2. The van der Waals surface area contributed by atoms with Crippen LogP contribution in [-0.4, -0.2) is 48.1 Å². The molecule has 4 heteroatoms. The number of benzene rings is 1. The van der Waals surface area contributed by atoms with E-state index in [9.17, 15) is 0 Å². The van der Waals surface area contributed by atoms with Gasteiger partial charge in [0.25, 0.3) is 0 Å². The number of aromatic nitrogens is 1. The molecule has 2 fully saturated rings. The Bertz CT molecular complexity index is 651. The Morgan fingerprint density at radius 1 is 1.17 bits per heavy atom. The first-order chi connectivity index (χ1) is 11.4. The van der Waals surface area contributed by atoms with E-state index in [0.717, 1.165) is 6.54 Å². The minimum absolute atomic E-state index is 0.560. The third kappa shape index (κ3) is 3.65. The van der Waals surface area contributed by atoms with Crippen LogP contribution in [-0.2, 0) is 0 Å². The van der Waals surface area contributed by atoms with E-state index in [1.54, 1.807) is 0 Å². The summed E-state index contributed by atoms with van der Waals surface area (Å²) in [5.41, 5.74) is 1.23. The molecule has 4 nitrogen and oxygen atoms in total. The maximum absolute atomic E-state index is 4.18. The summed E-state index contributed by atoms with van der Waals surface area (Å²) >= 11 is 0. The molecule has 0 unspecified atom stereocenters. The fourth-order valence-electron chi connectivity index (χ4n) is 3.97. The van der Waals surface area contributed by atoms with Gasteiger partial charge in [0.1, 0.15) is 0 Å². The highest BCUT2D eigenvalue weighted by Crippen LogP contribution is 2.21. The first-order valence-corrected chi connectivity index (χ1v) is 8.93. The van der Waals surface area contributed by atoms with Crippen LogP contribution in [0.3, 0.4) is 0 Å². The van der Waals surface area contributed by atoms with E-state index in [1.807, 2.05) is 12.4 Å². The fourth-order valence-corrected chi connectivity index (χ4v) is 3.97. The van der Waals surface area contributed by atoms with Gasteiger partial charge in [-0.1, -0.05) is 6.07 Å². The molecular formula is C19H26N4. The van der Waals surface area contributed by atoms with Crippen LogP contribution in [0.2, 0.25) is 0 Å². The van der Waals surface area contributed by atoms with E-state index in [2.05, 4.69) is 44.8 Å². The van der Waals surface area contributed by atoms with Crippen LogP contribution in [0.5, 0.6) is 0 Å². The molecule has 0 aliphatic carbocycles. The molecule has 0 radical (unpaired) electrons. The summed E-state index contributed by atoms with van der Waals surface area (Å²) in [5, 5.41) is 9.83. The molecule has 0 amide bonds. The minimum atomic E-state index is 0.560. The topological polar surface area (TPSA) is 40.2 Å². The van der Waals surface area contributed by atoms with Crippen LogP contribution < -0.4 is 10.6 Å². The number of anilines is 1. The van der Waals surface area contributed by atoms with Crippen molar-refractivity contribution in [3.05, 3.63) is 36.7 Å². The van der Waals surface area contributed by atoms with Gasteiger partial charge >= 0.3 is 0 Å². The lowest BCUT2D eigenvalue weighted by atomic mass is 10.0. The Labute approximate surface area is 138 Å². The van der Waals surface area contributed by atoms with Gasteiger partial charge in [0, 0.05) is 48.6 Å². The molecule has 4 rings (SSSR count). The van der Waals surface area contributed by atoms with Crippen LogP contribution in [0.1, 0.15) is 25.7 Å². The third-order valence-corrected chi connectivity index (χ3v) is 5.16. The van der Waals surface area contributed by atoms with Gasteiger partial charge in [-0.15, -0.1) is 0 Å². The van der Waals surface area contributed by atoms with E-state index < -0.39 is 0 Å². The third-order valence-electron chi connectivity index (χ3n) is 5.16. The minimum Gasteiger partial charge on any atom is -0.381 e. The molecule has 0 bridgehead atoms. The normalized spacial score (nSPS) is 25.7. The number of fused-ring (bicyclic) bond motifs is 1. The van der Waals surface area contributed by atoms with Gasteiger partial charge in [-0.05, 0) is 62.4 Å². The van der Waals surface area contributed by atoms with E-state index in [4.69, 9.17) is 0 Å². The predicted octanol–water partition coefficient (Wildman–Crippen LogP) is 2.86. The largest absolute Gasteiger partial charge is 0.381 e. The summed E-state index contributed by atoms with van der Waals surface area (Å²) in [6.45, 7) is 4.82. The average Bonchev–Trinajstić information content (AvgIpc) is 3.08. The number of rotatable bonds is 4. The van der Waals surface area contributed by atoms with Gasteiger partial charge in [-0.25, -0.2) is 0 Å². The van der Waals surface area contributed by atoms with Crippen LogP contribution >= 0.6 is 0 Å². The molecule has 0 spiro atoms. The number of nitrogens with zero attached hydrogens (tertiary/aromatic N) is 2. The molecule has 0 saturated carbocycles. The summed E-state index contributed by atoms with van der Waals surface area (Å²) in [4.78, 5) is 6.82. The van der Waals surface area contributed by atoms with Crippen molar-refractivity contribution in [3.63, 3.8) is 0 Å². The zero-order chi connectivity index (χ0) is 15.5. The van der Waals surface area contributed by atoms with Crippen molar-refractivity contribution < 1.29 is 0 Å². The SMILES string of the molecule is c1cc2cc(N[C@@H]3CCCN(C[C@H]4CCCN4)C3)ccc2cn1. The van der Waals surface area contributed by atoms with E-state index in [0.29, 0.717) is 12.1 Å². The second-order valence-electron chi connectivity index (χ2n) is 6.97. The maximum Gasteiger partial charge on any atom is 0.0388 e. The lowest BCUT2D eigenvalue weighted by Gasteiger charge is -2.35. The Morgan fingerprint density at radius 3 is 3.09 bits per heavy atom. The highest BCUT2D eigenvalue weighted by molar-refractivity contribution is 5.84. The second-order valence-corrected chi connectivity index (χ2v) is 6.97. The Kier molecular flexibility index (Phi) is 4.44. The number of hydrogen-bond donors (Lipinski definition) is 2. The summed E-state index contributed by atoms with van der Waals surface area (Å²) < 4.78 is 0. The number of hydrogen-bond acceptors (Lipinski definition) is 4. The van der Waals surface area contributed by atoms with Crippen LogP contribution in [0.25, 0.3) is 10.8 Å². The standard InChI is InChI=1S/C19H26N4/c1-3-18(21-8-1)13-23-10-2-4-19(14-23)22-17-6-5-16-12-20-9-7-15(16)11-17/h5-7,9,11-12,18-19,21-22H,1-4,8,10,13-14H2/t18-,19-/m1/s1. The first-order valence-electron chi connectivity index (χ1n) is 8.93. The van der Waals surface area contributed by atoms with Crippen molar-refractivity contribution in [1.82, 2.24) is 15.2 Å². The lowest BCUT2D eigenvalue weighted by molar-refractivity contribution is 0.200. The van der Waals surface area contributed by atoms with E-state index >= 15 is 0 Å². The molecule has 2 atom stereocenters. The van der Waals surface area contributed by atoms with Crippen molar-refractivity contribution in [3.8, 4) is 0 Å². The van der Waals surface area contributed by atoms with Crippen LogP contribution in [0, 0.1) is 0 Å². The molecule has 2 N–H and O–H groups in total. The van der Waals surface area contributed by atoms with Crippen molar-refractivity contribution in [2.75, 3.05) is 31.5 Å². The monoisotopic (exact) mass is 310 g/mol. The number of piperidine rings is 1. The van der Waals surface area contributed by atoms with Crippen molar-refractivity contribution in [2.45, 2.75) is 37.8 Å². The fraction of sp³-hybridized carbons (Fsp3) is 0.526. The van der Waals surface area contributed by atoms with Gasteiger partial charge < -0.3 is 10.6 Å². The molecule has 1 aromatic heterocycles. The molecule has 2 aromatic rings. The van der Waals surface area contributed by atoms with Crippen LogP contribution in [0.4, 0.5) is 5.69 Å². The molecule has 2 saturated heterocycles. The number of nitrogens with one attached hydrogen (secondary N) is 2. The lowest BCUT2D eigenvalue weighted by Crippen LogP contribution is -2.46. The first kappa shape index (κ1) is 14.9. The zero-order valence-electron chi connectivity index (χ0n) is 13.7. The molecule has 122 valence electrons. The van der Waals surface area contributed by atoms with Crippen molar-refractivity contribution in [1.29, 1.82) is 0 Å². The number of likely N-dealkylation sites (tertiary alicyclic amines) is 1. The quantitative estimate of drug-likeness (QED) is 0.911. The zero-order valence-corrected chi connectivity index (χ0v) is 13.7. The smallest absolute Gasteiger partial charge is 0.0388 e. The molecule has 2 aliphatic rings. The van der Waals surface area contributed by atoms with E-state index in [-0.39, 0.29) is 0 Å². The Morgan fingerprint density at radius 2 is 2.17 bits per heavy atom. The van der Waals surface area contributed by atoms with Crippen molar-refractivity contribution >= 4 is 16.5 Å². The summed E-state index contributed by atoms with van der Waals surface area (Å²) in [5.74, 6) is 0. The van der Waals surface area contributed by atoms with Gasteiger partial charge in [0.2, 0.25) is 0 Å². The second kappa shape index (κ2) is 6.85. The Balaban J connectivity index is 1.38. The summed E-state index contributed by atoms with van der Waals surface area (Å²) in [6, 6.07) is 9.94.